The Morgan fingerprint density at radius 3 is 2.81 bits per heavy atom. The molecular weight excluding hydrogens is 266 g/mol. The van der Waals surface area contributed by atoms with Crippen LogP contribution in [0.4, 0.5) is 11.4 Å². The van der Waals surface area contributed by atoms with Crippen LogP contribution in [0.25, 0.3) is 0 Å². The number of rotatable bonds is 3. The summed E-state index contributed by atoms with van der Waals surface area (Å²) in [4.78, 5) is 14.7. The fraction of sp³-hybridized carbons (Fsp3) is 0.562. The molecule has 5 heteroatoms. The normalized spacial score (nSPS) is 25.9. The summed E-state index contributed by atoms with van der Waals surface area (Å²) >= 11 is 0. The van der Waals surface area contributed by atoms with Gasteiger partial charge in [0.2, 0.25) is 5.91 Å². The number of morpholine rings is 1. The van der Waals surface area contributed by atoms with Crippen LogP contribution in [0, 0.1) is 5.92 Å². The number of carbonyl (C=O) groups excluding carboxylic acids is 1. The predicted molar refractivity (Wildman–Crippen MR) is 83.7 cm³/mol. The fourth-order valence-electron chi connectivity index (χ4n) is 3.10. The van der Waals surface area contributed by atoms with Gasteiger partial charge >= 0.3 is 0 Å². The first-order valence-electron chi connectivity index (χ1n) is 7.71. The molecule has 2 atom stereocenters. The van der Waals surface area contributed by atoms with Gasteiger partial charge in [0, 0.05) is 19.1 Å². The minimum Gasteiger partial charge on any atom is -0.378 e. The highest BCUT2D eigenvalue weighted by atomic mass is 16.5. The van der Waals surface area contributed by atoms with Gasteiger partial charge in [-0.05, 0) is 32.0 Å². The van der Waals surface area contributed by atoms with Crippen molar-refractivity contribution in [2.45, 2.75) is 19.4 Å². The molecule has 1 aromatic carbocycles. The van der Waals surface area contributed by atoms with Crippen LogP contribution in [-0.4, -0.2) is 44.8 Å². The third-order valence-electron chi connectivity index (χ3n) is 4.38. The van der Waals surface area contributed by atoms with Crippen molar-refractivity contribution in [1.29, 1.82) is 0 Å². The molecule has 5 nitrogen and oxygen atoms in total. The van der Waals surface area contributed by atoms with Crippen LogP contribution in [0.1, 0.15) is 13.3 Å². The fourth-order valence-corrected chi connectivity index (χ4v) is 3.10. The summed E-state index contributed by atoms with van der Waals surface area (Å²) in [7, 11) is 0. The largest absolute Gasteiger partial charge is 0.378 e. The van der Waals surface area contributed by atoms with Crippen molar-refractivity contribution in [3.8, 4) is 0 Å². The smallest absolute Gasteiger partial charge is 0.229 e. The van der Waals surface area contributed by atoms with Crippen LogP contribution in [0.15, 0.2) is 24.3 Å². The molecule has 2 aliphatic rings. The van der Waals surface area contributed by atoms with Crippen LogP contribution in [0.2, 0.25) is 0 Å². The van der Waals surface area contributed by atoms with E-state index < -0.39 is 0 Å². The average Bonchev–Trinajstić information content (AvgIpc) is 2.95. The van der Waals surface area contributed by atoms with E-state index in [1.807, 2.05) is 18.2 Å². The molecule has 2 aliphatic heterocycles. The summed E-state index contributed by atoms with van der Waals surface area (Å²) < 4.78 is 5.40. The third kappa shape index (κ3) is 3.19. The molecule has 0 bridgehead atoms. The van der Waals surface area contributed by atoms with Gasteiger partial charge in [0.05, 0.1) is 30.5 Å². The van der Waals surface area contributed by atoms with Crippen LogP contribution >= 0.6 is 0 Å². The van der Waals surface area contributed by atoms with Crippen LogP contribution in [0.5, 0.6) is 0 Å². The number of hydrogen-bond acceptors (Lipinski definition) is 4. The standard InChI is InChI=1S/C16H23N3O2/c1-12-13(6-7-17-12)16(20)18-14-4-2-3-5-15(14)19-8-10-21-11-9-19/h2-5,12-13,17H,6-11H2,1H3,(H,18,20). The van der Waals surface area contributed by atoms with Crippen LogP contribution in [-0.2, 0) is 9.53 Å². The molecule has 2 heterocycles. The maximum absolute atomic E-state index is 12.5. The molecule has 21 heavy (non-hydrogen) atoms. The molecule has 1 aromatic rings. The molecule has 2 saturated heterocycles. The van der Waals surface area contributed by atoms with Crippen LogP contribution in [0.3, 0.4) is 0 Å². The van der Waals surface area contributed by atoms with Crippen molar-refractivity contribution >= 4 is 17.3 Å². The number of hydrogen-bond donors (Lipinski definition) is 2. The topological polar surface area (TPSA) is 53.6 Å². The maximum atomic E-state index is 12.5. The second-order valence-corrected chi connectivity index (χ2v) is 5.74. The molecule has 114 valence electrons. The van der Waals surface area contributed by atoms with Gasteiger partial charge in [-0.2, -0.15) is 0 Å². The number of benzene rings is 1. The number of nitrogens with zero attached hydrogens (tertiary/aromatic N) is 1. The molecule has 0 spiro atoms. The van der Waals surface area contributed by atoms with Crippen molar-refractivity contribution < 1.29 is 9.53 Å². The minimum absolute atomic E-state index is 0.0581. The third-order valence-corrected chi connectivity index (χ3v) is 4.38. The zero-order chi connectivity index (χ0) is 14.7. The molecule has 1 amide bonds. The van der Waals surface area contributed by atoms with Gasteiger partial charge < -0.3 is 20.3 Å². The Balaban J connectivity index is 1.74. The Bertz CT molecular complexity index is 500. The van der Waals surface area contributed by atoms with Gasteiger partial charge in [-0.25, -0.2) is 0 Å². The summed E-state index contributed by atoms with van der Waals surface area (Å²) in [5, 5.41) is 6.45. The highest BCUT2D eigenvalue weighted by molar-refractivity contribution is 5.96. The second-order valence-electron chi connectivity index (χ2n) is 5.74. The summed E-state index contributed by atoms with van der Waals surface area (Å²) in [5.41, 5.74) is 2.00. The number of nitrogens with one attached hydrogen (secondary N) is 2. The lowest BCUT2D eigenvalue weighted by Crippen LogP contribution is -2.37. The van der Waals surface area contributed by atoms with Gasteiger partial charge in [0.15, 0.2) is 0 Å². The average molecular weight is 289 g/mol. The summed E-state index contributed by atoms with van der Waals surface area (Å²) in [6.07, 6.45) is 0.909. The number of para-hydroxylation sites is 2. The lowest BCUT2D eigenvalue weighted by atomic mass is 10.0. The van der Waals surface area contributed by atoms with Gasteiger partial charge in [-0.3, -0.25) is 4.79 Å². The van der Waals surface area contributed by atoms with Crippen molar-refractivity contribution in [3.63, 3.8) is 0 Å². The number of ether oxygens (including phenoxy) is 1. The van der Waals surface area contributed by atoms with E-state index >= 15 is 0 Å². The summed E-state index contributed by atoms with van der Waals surface area (Å²) in [5.74, 6) is 0.177. The summed E-state index contributed by atoms with van der Waals surface area (Å²) in [6, 6.07) is 8.28. The lowest BCUT2D eigenvalue weighted by molar-refractivity contribution is -0.119. The van der Waals surface area contributed by atoms with Crippen molar-refractivity contribution in [3.05, 3.63) is 24.3 Å². The molecule has 3 rings (SSSR count). The predicted octanol–water partition coefficient (Wildman–Crippen LogP) is 1.46. The zero-order valence-electron chi connectivity index (χ0n) is 12.5. The van der Waals surface area contributed by atoms with E-state index in [-0.39, 0.29) is 17.9 Å². The Morgan fingerprint density at radius 1 is 1.33 bits per heavy atom. The molecule has 0 aromatic heterocycles. The molecule has 0 saturated carbocycles. The Morgan fingerprint density at radius 2 is 2.10 bits per heavy atom. The van der Waals surface area contributed by atoms with Crippen molar-refractivity contribution in [1.82, 2.24) is 5.32 Å². The van der Waals surface area contributed by atoms with Gasteiger partial charge in [-0.15, -0.1) is 0 Å². The van der Waals surface area contributed by atoms with Crippen molar-refractivity contribution in [2.75, 3.05) is 43.1 Å². The van der Waals surface area contributed by atoms with Gasteiger partial charge in [0.25, 0.3) is 0 Å². The highest BCUT2D eigenvalue weighted by Crippen LogP contribution is 2.27. The molecular formula is C16H23N3O2. The van der Waals surface area contributed by atoms with E-state index in [0.29, 0.717) is 0 Å². The van der Waals surface area contributed by atoms with Gasteiger partial charge in [0.1, 0.15) is 0 Å². The Hall–Kier alpha value is -1.59. The monoisotopic (exact) mass is 289 g/mol. The minimum atomic E-state index is 0.0581. The molecule has 0 aliphatic carbocycles. The van der Waals surface area contributed by atoms with Crippen molar-refractivity contribution in [2.24, 2.45) is 5.92 Å². The SMILES string of the molecule is CC1NCCC1C(=O)Nc1ccccc1N1CCOCC1. The second kappa shape index (κ2) is 6.45. The molecule has 2 fully saturated rings. The van der Waals surface area contributed by atoms with E-state index in [2.05, 4.69) is 28.5 Å². The summed E-state index contributed by atoms with van der Waals surface area (Å²) in [6.45, 7) is 6.22. The number of carbonyl (C=O) groups is 1. The first-order chi connectivity index (χ1) is 10.3. The Labute approximate surface area is 125 Å². The number of anilines is 2. The van der Waals surface area contributed by atoms with Crippen LogP contribution < -0.4 is 15.5 Å². The molecule has 0 radical (unpaired) electrons. The van der Waals surface area contributed by atoms with E-state index in [0.717, 1.165) is 50.6 Å². The van der Waals surface area contributed by atoms with E-state index in [4.69, 9.17) is 4.74 Å². The number of amides is 1. The van der Waals surface area contributed by atoms with E-state index in [1.165, 1.54) is 0 Å². The van der Waals surface area contributed by atoms with E-state index in [9.17, 15) is 4.79 Å². The Kier molecular flexibility index (Phi) is 4.41. The maximum Gasteiger partial charge on any atom is 0.229 e. The first kappa shape index (κ1) is 14.4. The van der Waals surface area contributed by atoms with Gasteiger partial charge in [-0.1, -0.05) is 12.1 Å². The highest BCUT2D eigenvalue weighted by Gasteiger charge is 2.30. The molecule has 2 unspecified atom stereocenters. The zero-order valence-corrected chi connectivity index (χ0v) is 12.5. The lowest BCUT2D eigenvalue weighted by Gasteiger charge is -2.30. The first-order valence-corrected chi connectivity index (χ1v) is 7.71. The van der Waals surface area contributed by atoms with E-state index in [1.54, 1.807) is 0 Å². The quantitative estimate of drug-likeness (QED) is 0.884. The molecule has 2 N–H and O–H groups in total.